The average molecular weight is 129 g/mol. The molecule has 1 saturated heterocycles. The Morgan fingerprint density at radius 2 is 2.44 bits per heavy atom. The third kappa shape index (κ3) is 1.66. The van der Waals surface area contributed by atoms with Gasteiger partial charge in [0.2, 0.25) is 0 Å². The summed E-state index contributed by atoms with van der Waals surface area (Å²) in [6.07, 6.45) is 1.20. The predicted molar refractivity (Wildman–Crippen MR) is 37.5 cm³/mol. The lowest BCUT2D eigenvalue weighted by molar-refractivity contribution is 0.00477. The van der Waals surface area contributed by atoms with E-state index in [1.54, 1.807) is 0 Å². The molecule has 0 saturated carbocycles. The molecule has 9 heavy (non-hydrogen) atoms. The van der Waals surface area contributed by atoms with E-state index in [1.165, 1.54) is 6.42 Å². The monoisotopic (exact) mass is 129 g/mol. The Hall–Kier alpha value is -0.0800. The number of hydrogen-bond acceptors (Lipinski definition) is 2. The van der Waals surface area contributed by atoms with Gasteiger partial charge in [0.1, 0.15) is 0 Å². The first kappa shape index (κ1) is 7.03. The second-order valence-corrected chi connectivity index (χ2v) is 2.62. The van der Waals surface area contributed by atoms with Gasteiger partial charge in [0.05, 0.1) is 13.2 Å². The molecule has 1 rings (SSSR count). The van der Waals surface area contributed by atoms with Crippen molar-refractivity contribution >= 4 is 0 Å². The van der Waals surface area contributed by atoms with Crippen LogP contribution in [-0.2, 0) is 4.74 Å². The molecular weight excluding hydrogens is 114 g/mol. The van der Waals surface area contributed by atoms with Crippen LogP contribution in [-0.4, -0.2) is 37.7 Å². The van der Waals surface area contributed by atoms with Crippen molar-refractivity contribution in [2.45, 2.75) is 19.4 Å². The second-order valence-electron chi connectivity index (χ2n) is 2.62. The summed E-state index contributed by atoms with van der Waals surface area (Å²) < 4.78 is 5.30. The minimum absolute atomic E-state index is 0.666. The summed E-state index contributed by atoms with van der Waals surface area (Å²) in [6, 6.07) is 0.666. The molecule has 0 radical (unpaired) electrons. The molecule has 0 unspecified atom stereocenters. The van der Waals surface area contributed by atoms with Crippen LogP contribution < -0.4 is 0 Å². The van der Waals surface area contributed by atoms with E-state index in [-0.39, 0.29) is 0 Å². The predicted octanol–water partition coefficient (Wildman–Crippen LogP) is 0.727. The summed E-state index contributed by atoms with van der Waals surface area (Å²) >= 11 is 0. The molecule has 0 aromatic rings. The average Bonchev–Trinajstić information content (AvgIpc) is 1.89. The van der Waals surface area contributed by atoms with E-state index in [9.17, 15) is 0 Å². The third-order valence-corrected chi connectivity index (χ3v) is 1.99. The van der Waals surface area contributed by atoms with E-state index in [4.69, 9.17) is 4.74 Å². The van der Waals surface area contributed by atoms with Gasteiger partial charge in [-0.25, -0.2) is 0 Å². The van der Waals surface area contributed by atoms with Crippen LogP contribution >= 0.6 is 0 Å². The molecule has 1 aliphatic heterocycles. The topological polar surface area (TPSA) is 12.5 Å². The van der Waals surface area contributed by atoms with Gasteiger partial charge in [-0.1, -0.05) is 6.92 Å². The first-order valence-electron chi connectivity index (χ1n) is 3.62. The van der Waals surface area contributed by atoms with Crippen LogP contribution in [0.15, 0.2) is 0 Å². The van der Waals surface area contributed by atoms with Crippen LogP contribution in [0.25, 0.3) is 0 Å². The summed E-state index contributed by atoms with van der Waals surface area (Å²) in [5.74, 6) is 0. The molecule has 2 nitrogen and oxygen atoms in total. The molecule has 0 aromatic carbocycles. The fourth-order valence-electron chi connectivity index (χ4n) is 1.17. The zero-order valence-electron chi connectivity index (χ0n) is 6.26. The highest BCUT2D eigenvalue weighted by molar-refractivity contribution is 4.69. The highest BCUT2D eigenvalue weighted by Gasteiger charge is 2.16. The number of likely N-dealkylation sites (N-methyl/N-ethyl adjacent to an activating group) is 1. The first-order valence-corrected chi connectivity index (χ1v) is 3.62. The van der Waals surface area contributed by atoms with Crippen LogP contribution in [0.5, 0.6) is 0 Å². The van der Waals surface area contributed by atoms with Gasteiger partial charge in [-0.15, -0.1) is 0 Å². The van der Waals surface area contributed by atoms with Crippen LogP contribution in [0.4, 0.5) is 0 Å². The largest absolute Gasteiger partial charge is 0.378 e. The van der Waals surface area contributed by atoms with Crippen molar-refractivity contribution in [1.82, 2.24) is 4.90 Å². The number of ether oxygens (including phenoxy) is 1. The van der Waals surface area contributed by atoms with Gasteiger partial charge in [0.25, 0.3) is 0 Å². The van der Waals surface area contributed by atoms with E-state index in [2.05, 4.69) is 18.9 Å². The van der Waals surface area contributed by atoms with Crippen molar-refractivity contribution in [3.05, 3.63) is 0 Å². The molecule has 0 N–H and O–H groups in total. The third-order valence-electron chi connectivity index (χ3n) is 1.99. The lowest BCUT2D eigenvalue weighted by Crippen LogP contribution is -2.42. The van der Waals surface area contributed by atoms with Gasteiger partial charge in [-0.05, 0) is 13.5 Å². The maximum Gasteiger partial charge on any atom is 0.0622 e. The summed E-state index contributed by atoms with van der Waals surface area (Å²) in [6.45, 7) is 5.13. The zero-order chi connectivity index (χ0) is 6.69. The van der Waals surface area contributed by atoms with E-state index in [0.29, 0.717) is 6.04 Å². The van der Waals surface area contributed by atoms with E-state index in [1.807, 2.05) is 0 Å². The Morgan fingerprint density at radius 3 is 2.89 bits per heavy atom. The molecule has 1 fully saturated rings. The SMILES string of the molecule is CC[C@@H]1COCCN1C. The summed E-state index contributed by atoms with van der Waals surface area (Å²) in [5.41, 5.74) is 0. The molecule has 0 bridgehead atoms. The molecule has 1 heterocycles. The maximum absolute atomic E-state index is 5.30. The molecule has 2 heteroatoms. The van der Waals surface area contributed by atoms with Gasteiger partial charge < -0.3 is 4.74 Å². The standard InChI is InChI=1S/C7H15NO/c1-3-7-6-9-5-4-8(7)2/h7H,3-6H2,1-2H3/t7-/m1/s1. The minimum atomic E-state index is 0.666. The zero-order valence-corrected chi connectivity index (χ0v) is 6.26. The van der Waals surface area contributed by atoms with Gasteiger partial charge in [0.15, 0.2) is 0 Å². The fraction of sp³-hybridized carbons (Fsp3) is 1.00. The van der Waals surface area contributed by atoms with Crippen molar-refractivity contribution < 1.29 is 4.74 Å². The lowest BCUT2D eigenvalue weighted by atomic mass is 10.2. The van der Waals surface area contributed by atoms with E-state index >= 15 is 0 Å². The summed E-state index contributed by atoms with van der Waals surface area (Å²) in [7, 11) is 2.16. The molecule has 54 valence electrons. The molecule has 1 atom stereocenters. The molecular formula is C7H15NO. The molecule has 0 aromatic heterocycles. The Balaban J connectivity index is 2.30. The van der Waals surface area contributed by atoms with Crippen molar-refractivity contribution in [2.75, 3.05) is 26.8 Å². The van der Waals surface area contributed by atoms with Crippen LogP contribution in [0.2, 0.25) is 0 Å². The fourth-order valence-corrected chi connectivity index (χ4v) is 1.17. The Bertz CT molecular complexity index is 85.0. The Morgan fingerprint density at radius 1 is 1.67 bits per heavy atom. The molecule has 0 spiro atoms. The van der Waals surface area contributed by atoms with Gasteiger partial charge in [-0.3, -0.25) is 4.90 Å². The van der Waals surface area contributed by atoms with Gasteiger partial charge in [-0.2, -0.15) is 0 Å². The van der Waals surface area contributed by atoms with E-state index < -0.39 is 0 Å². The minimum Gasteiger partial charge on any atom is -0.378 e. The van der Waals surface area contributed by atoms with Gasteiger partial charge >= 0.3 is 0 Å². The highest BCUT2D eigenvalue weighted by atomic mass is 16.5. The summed E-state index contributed by atoms with van der Waals surface area (Å²) in [4.78, 5) is 2.36. The number of nitrogens with zero attached hydrogens (tertiary/aromatic N) is 1. The van der Waals surface area contributed by atoms with Crippen LogP contribution in [0, 0.1) is 0 Å². The number of morpholine rings is 1. The molecule has 0 aliphatic carbocycles. The van der Waals surface area contributed by atoms with Crippen LogP contribution in [0.1, 0.15) is 13.3 Å². The number of hydrogen-bond donors (Lipinski definition) is 0. The van der Waals surface area contributed by atoms with E-state index in [0.717, 1.165) is 19.8 Å². The lowest BCUT2D eigenvalue weighted by Gasteiger charge is -2.31. The molecule has 0 amide bonds. The Labute approximate surface area is 56.8 Å². The maximum atomic E-state index is 5.30. The van der Waals surface area contributed by atoms with Crippen molar-refractivity contribution in [3.63, 3.8) is 0 Å². The van der Waals surface area contributed by atoms with Crippen LogP contribution in [0.3, 0.4) is 0 Å². The highest BCUT2D eigenvalue weighted by Crippen LogP contribution is 2.06. The van der Waals surface area contributed by atoms with Crippen molar-refractivity contribution in [1.29, 1.82) is 0 Å². The van der Waals surface area contributed by atoms with Crippen molar-refractivity contribution in [2.24, 2.45) is 0 Å². The number of rotatable bonds is 1. The Kier molecular flexibility index (Phi) is 2.49. The smallest absolute Gasteiger partial charge is 0.0622 e. The molecule has 1 aliphatic rings. The van der Waals surface area contributed by atoms with Crippen molar-refractivity contribution in [3.8, 4) is 0 Å². The van der Waals surface area contributed by atoms with Gasteiger partial charge in [0, 0.05) is 12.6 Å². The summed E-state index contributed by atoms with van der Waals surface area (Å²) in [5, 5.41) is 0. The second kappa shape index (κ2) is 3.18. The first-order chi connectivity index (χ1) is 4.34. The normalized spacial score (nSPS) is 30.7. The quantitative estimate of drug-likeness (QED) is 0.517.